The second kappa shape index (κ2) is 5.68. The molecule has 1 aliphatic rings. The molecule has 0 unspecified atom stereocenters. The van der Waals surface area contributed by atoms with Gasteiger partial charge in [0.25, 0.3) is 0 Å². The first-order chi connectivity index (χ1) is 8.24. The lowest BCUT2D eigenvalue weighted by Crippen LogP contribution is -2.28. The van der Waals surface area contributed by atoms with Crippen LogP contribution in [0.4, 0.5) is 10.5 Å². The molecule has 1 N–H and O–H groups in total. The average Bonchev–Trinajstić information content (AvgIpc) is 2.30. The van der Waals surface area contributed by atoms with Crippen LogP contribution in [0.15, 0.2) is 24.3 Å². The van der Waals surface area contributed by atoms with Gasteiger partial charge in [0.15, 0.2) is 0 Å². The van der Waals surface area contributed by atoms with E-state index in [-0.39, 0.29) is 12.2 Å². The molecule has 1 heterocycles. The number of aryl methyl sites for hydroxylation is 1. The minimum Gasteiger partial charge on any atom is -0.446 e. The van der Waals surface area contributed by atoms with Crippen LogP contribution in [0.5, 0.6) is 0 Å². The highest BCUT2D eigenvalue weighted by atomic mass is 16.6. The predicted octanol–water partition coefficient (Wildman–Crippen LogP) is 2.72. The zero-order valence-electron chi connectivity index (χ0n) is 9.94. The minimum absolute atomic E-state index is 0.0199. The Morgan fingerprint density at radius 2 is 2.18 bits per heavy atom. The standard InChI is InChI=1S/C13H17NO3/c1-10-3-2-4-11(9-10)14-13(15)17-12-5-7-16-8-6-12/h2-4,9,12H,5-8H2,1H3,(H,14,15). The molecule has 0 radical (unpaired) electrons. The van der Waals surface area contributed by atoms with Crippen LogP contribution in [-0.4, -0.2) is 25.4 Å². The van der Waals surface area contributed by atoms with E-state index in [1.54, 1.807) is 0 Å². The lowest BCUT2D eigenvalue weighted by atomic mass is 10.2. The summed E-state index contributed by atoms with van der Waals surface area (Å²) in [6, 6.07) is 7.64. The SMILES string of the molecule is Cc1cccc(NC(=O)OC2CCOCC2)c1. The van der Waals surface area contributed by atoms with Gasteiger partial charge >= 0.3 is 6.09 Å². The summed E-state index contributed by atoms with van der Waals surface area (Å²) in [5.41, 5.74) is 1.87. The topological polar surface area (TPSA) is 47.6 Å². The number of nitrogens with one attached hydrogen (secondary N) is 1. The molecule has 1 aromatic rings. The van der Waals surface area contributed by atoms with Crippen molar-refractivity contribution in [3.63, 3.8) is 0 Å². The Morgan fingerprint density at radius 1 is 1.41 bits per heavy atom. The number of rotatable bonds is 2. The van der Waals surface area contributed by atoms with E-state index in [1.165, 1.54) is 0 Å². The summed E-state index contributed by atoms with van der Waals surface area (Å²) >= 11 is 0. The van der Waals surface area contributed by atoms with Gasteiger partial charge in [-0.3, -0.25) is 5.32 Å². The smallest absolute Gasteiger partial charge is 0.411 e. The van der Waals surface area contributed by atoms with E-state index in [0.29, 0.717) is 13.2 Å². The summed E-state index contributed by atoms with van der Waals surface area (Å²) in [4.78, 5) is 11.6. The summed E-state index contributed by atoms with van der Waals surface area (Å²) in [6.45, 7) is 3.32. The normalized spacial score (nSPS) is 16.5. The van der Waals surface area contributed by atoms with Crippen molar-refractivity contribution in [1.29, 1.82) is 0 Å². The zero-order chi connectivity index (χ0) is 12.1. The molecule has 1 aromatic carbocycles. The molecular weight excluding hydrogens is 218 g/mol. The summed E-state index contributed by atoms with van der Waals surface area (Å²) in [6.07, 6.45) is 1.15. The van der Waals surface area contributed by atoms with Crippen molar-refractivity contribution in [2.75, 3.05) is 18.5 Å². The number of ether oxygens (including phenoxy) is 2. The van der Waals surface area contributed by atoms with Gasteiger partial charge in [-0.15, -0.1) is 0 Å². The van der Waals surface area contributed by atoms with E-state index in [0.717, 1.165) is 24.1 Å². The Morgan fingerprint density at radius 3 is 2.88 bits per heavy atom. The zero-order valence-corrected chi connectivity index (χ0v) is 9.94. The van der Waals surface area contributed by atoms with Crippen LogP contribution in [0, 0.1) is 6.92 Å². The molecule has 0 spiro atoms. The van der Waals surface area contributed by atoms with E-state index in [1.807, 2.05) is 31.2 Å². The Bertz CT molecular complexity index is 386. The molecule has 0 aromatic heterocycles. The lowest BCUT2D eigenvalue weighted by molar-refractivity contribution is 0.00592. The number of hydrogen-bond donors (Lipinski definition) is 1. The molecule has 1 saturated heterocycles. The fourth-order valence-electron chi connectivity index (χ4n) is 1.82. The molecule has 2 rings (SSSR count). The molecule has 1 fully saturated rings. The van der Waals surface area contributed by atoms with Crippen LogP contribution in [-0.2, 0) is 9.47 Å². The molecule has 4 nitrogen and oxygen atoms in total. The first-order valence-corrected chi connectivity index (χ1v) is 5.86. The molecule has 92 valence electrons. The third-order valence-corrected chi connectivity index (χ3v) is 2.71. The number of amides is 1. The summed E-state index contributed by atoms with van der Waals surface area (Å²) in [7, 11) is 0. The molecule has 1 amide bonds. The van der Waals surface area contributed by atoms with Crippen molar-refractivity contribution in [3.05, 3.63) is 29.8 Å². The fourth-order valence-corrected chi connectivity index (χ4v) is 1.82. The monoisotopic (exact) mass is 235 g/mol. The third-order valence-electron chi connectivity index (χ3n) is 2.71. The number of carbonyl (C=O) groups excluding carboxylic acids is 1. The molecule has 0 aliphatic carbocycles. The summed E-state index contributed by atoms with van der Waals surface area (Å²) in [5.74, 6) is 0. The van der Waals surface area contributed by atoms with E-state index in [9.17, 15) is 4.79 Å². The van der Waals surface area contributed by atoms with Gasteiger partial charge < -0.3 is 9.47 Å². The first kappa shape index (κ1) is 11.9. The lowest BCUT2D eigenvalue weighted by Gasteiger charge is -2.22. The second-order valence-electron chi connectivity index (χ2n) is 4.21. The highest BCUT2D eigenvalue weighted by Gasteiger charge is 2.17. The van der Waals surface area contributed by atoms with Crippen LogP contribution < -0.4 is 5.32 Å². The van der Waals surface area contributed by atoms with Gasteiger partial charge in [0.05, 0.1) is 13.2 Å². The maximum atomic E-state index is 11.6. The number of carbonyl (C=O) groups is 1. The molecule has 1 aliphatic heterocycles. The Kier molecular flexibility index (Phi) is 3.98. The minimum atomic E-state index is -0.387. The van der Waals surface area contributed by atoms with Gasteiger partial charge in [-0.1, -0.05) is 12.1 Å². The van der Waals surface area contributed by atoms with Gasteiger partial charge in [0.1, 0.15) is 6.10 Å². The van der Waals surface area contributed by atoms with Crippen LogP contribution in [0.1, 0.15) is 18.4 Å². The van der Waals surface area contributed by atoms with Crippen molar-refractivity contribution in [3.8, 4) is 0 Å². The van der Waals surface area contributed by atoms with Crippen molar-refractivity contribution in [2.45, 2.75) is 25.9 Å². The van der Waals surface area contributed by atoms with E-state index in [2.05, 4.69) is 5.32 Å². The summed E-state index contributed by atoms with van der Waals surface area (Å²) < 4.78 is 10.5. The van der Waals surface area contributed by atoms with E-state index < -0.39 is 0 Å². The molecular formula is C13H17NO3. The molecule has 0 atom stereocenters. The highest BCUT2D eigenvalue weighted by molar-refractivity contribution is 5.84. The maximum Gasteiger partial charge on any atom is 0.411 e. The average molecular weight is 235 g/mol. The highest BCUT2D eigenvalue weighted by Crippen LogP contribution is 2.13. The van der Waals surface area contributed by atoms with Crippen molar-refractivity contribution in [1.82, 2.24) is 0 Å². The summed E-state index contributed by atoms with van der Waals surface area (Å²) in [5, 5.41) is 2.73. The van der Waals surface area contributed by atoms with Gasteiger partial charge in [0.2, 0.25) is 0 Å². The molecule has 0 bridgehead atoms. The molecule has 4 heteroatoms. The third kappa shape index (κ3) is 3.75. The van der Waals surface area contributed by atoms with Crippen LogP contribution >= 0.6 is 0 Å². The van der Waals surface area contributed by atoms with E-state index >= 15 is 0 Å². The number of hydrogen-bond acceptors (Lipinski definition) is 3. The van der Waals surface area contributed by atoms with Crippen LogP contribution in [0.25, 0.3) is 0 Å². The molecule has 17 heavy (non-hydrogen) atoms. The van der Waals surface area contributed by atoms with E-state index in [4.69, 9.17) is 9.47 Å². The largest absolute Gasteiger partial charge is 0.446 e. The van der Waals surface area contributed by atoms with Gasteiger partial charge in [-0.25, -0.2) is 4.79 Å². The Labute approximate surface area is 101 Å². The van der Waals surface area contributed by atoms with Crippen LogP contribution in [0.2, 0.25) is 0 Å². The fraction of sp³-hybridized carbons (Fsp3) is 0.462. The van der Waals surface area contributed by atoms with Crippen molar-refractivity contribution >= 4 is 11.8 Å². The van der Waals surface area contributed by atoms with Gasteiger partial charge in [-0.05, 0) is 24.6 Å². The second-order valence-corrected chi connectivity index (χ2v) is 4.21. The Hall–Kier alpha value is -1.55. The van der Waals surface area contributed by atoms with Crippen molar-refractivity contribution in [2.24, 2.45) is 0 Å². The number of anilines is 1. The predicted molar refractivity (Wildman–Crippen MR) is 65.1 cm³/mol. The van der Waals surface area contributed by atoms with Crippen LogP contribution in [0.3, 0.4) is 0 Å². The van der Waals surface area contributed by atoms with Gasteiger partial charge in [0, 0.05) is 18.5 Å². The number of benzene rings is 1. The van der Waals surface area contributed by atoms with Crippen molar-refractivity contribution < 1.29 is 14.3 Å². The molecule has 0 saturated carbocycles. The quantitative estimate of drug-likeness (QED) is 0.857. The maximum absolute atomic E-state index is 11.6. The van der Waals surface area contributed by atoms with Gasteiger partial charge in [-0.2, -0.15) is 0 Å². The Balaban J connectivity index is 1.84. The first-order valence-electron chi connectivity index (χ1n) is 5.86.